The van der Waals surface area contributed by atoms with Crippen molar-refractivity contribution in [3.8, 4) is 11.1 Å². The van der Waals surface area contributed by atoms with Crippen LogP contribution in [0.25, 0.3) is 11.1 Å². The van der Waals surface area contributed by atoms with Crippen LogP contribution in [-0.4, -0.2) is 16.8 Å². The summed E-state index contributed by atoms with van der Waals surface area (Å²) in [5.41, 5.74) is 3.75. The van der Waals surface area contributed by atoms with Gasteiger partial charge in [0, 0.05) is 6.20 Å². The Morgan fingerprint density at radius 1 is 0.853 bits per heavy atom. The Balaban J connectivity index is 1.58. The van der Waals surface area contributed by atoms with Crippen LogP contribution in [0.2, 0.25) is 5.02 Å². The van der Waals surface area contributed by atoms with Gasteiger partial charge in [-0.05, 0) is 66.9 Å². The van der Waals surface area contributed by atoms with Crippen LogP contribution in [0.5, 0.6) is 0 Å². The lowest BCUT2D eigenvalue weighted by Crippen LogP contribution is -2.19. The number of carbonyl (C=O) groups excluding carboxylic acids is 2. The van der Waals surface area contributed by atoms with Gasteiger partial charge in [-0.1, -0.05) is 53.6 Å². The second-order valence-electron chi connectivity index (χ2n) is 7.83. The van der Waals surface area contributed by atoms with E-state index in [2.05, 4.69) is 15.6 Å². The van der Waals surface area contributed by atoms with Gasteiger partial charge in [0.05, 0.1) is 21.8 Å². The molecule has 34 heavy (non-hydrogen) atoms. The van der Waals surface area contributed by atoms with Crippen LogP contribution >= 0.6 is 11.6 Å². The first kappa shape index (κ1) is 23.1. The SMILES string of the molecule is Cc1ccc(NC(=O)c2ccc(-c3ccccc3C)cc2F)c(C(=O)Nc2ccc(Cl)cn2)c1. The van der Waals surface area contributed by atoms with E-state index in [1.807, 2.05) is 38.1 Å². The average Bonchev–Trinajstić information content (AvgIpc) is 2.81. The van der Waals surface area contributed by atoms with Crippen molar-refractivity contribution in [1.82, 2.24) is 4.98 Å². The molecule has 170 valence electrons. The van der Waals surface area contributed by atoms with Gasteiger partial charge >= 0.3 is 0 Å². The van der Waals surface area contributed by atoms with Gasteiger partial charge in [0.25, 0.3) is 11.8 Å². The Labute approximate surface area is 201 Å². The number of aromatic nitrogens is 1. The molecule has 0 aliphatic carbocycles. The number of aryl methyl sites for hydroxylation is 2. The summed E-state index contributed by atoms with van der Waals surface area (Å²) in [6, 6.07) is 20.3. The maximum atomic E-state index is 14.9. The van der Waals surface area contributed by atoms with E-state index in [-0.39, 0.29) is 16.8 Å². The lowest BCUT2D eigenvalue weighted by molar-refractivity contribution is 0.102. The molecule has 0 radical (unpaired) electrons. The lowest BCUT2D eigenvalue weighted by Gasteiger charge is -2.13. The molecule has 0 aliphatic heterocycles. The summed E-state index contributed by atoms with van der Waals surface area (Å²) >= 11 is 5.84. The fraction of sp³-hybridized carbons (Fsp3) is 0.0741. The molecule has 0 saturated heterocycles. The van der Waals surface area contributed by atoms with E-state index in [1.165, 1.54) is 18.3 Å². The first-order chi connectivity index (χ1) is 16.3. The molecule has 7 heteroatoms. The molecule has 1 heterocycles. The van der Waals surface area contributed by atoms with Crippen molar-refractivity contribution < 1.29 is 14.0 Å². The van der Waals surface area contributed by atoms with Gasteiger partial charge in [-0.2, -0.15) is 0 Å². The quantitative estimate of drug-likeness (QED) is 0.340. The largest absolute Gasteiger partial charge is 0.321 e. The molecule has 4 aromatic rings. The standard InChI is InChI=1S/C27H21ClFN3O2/c1-16-7-11-24(22(13-16)27(34)32-25-12-9-19(28)15-30-25)31-26(33)21-10-8-18(14-23(21)29)20-6-4-3-5-17(20)2/h3-15H,1-2H3,(H,31,33)(H,30,32,34). The molecular formula is C27H21ClFN3O2. The number of rotatable bonds is 5. The Kier molecular flexibility index (Phi) is 6.70. The Morgan fingerprint density at radius 2 is 1.62 bits per heavy atom. The van der Waals surface area contributed by atoms with Crippen LogP contribution in [0.15, 0.2) is 79.0 Å². The minimum Gasteiger partial charge on any atom is -0.321 e. The zero-order valence-electron chi connectivity index (χ0n) is 18.5. The summed E-state index contributed by atoms with van der Waals surface area (Å²) in [5.74, 6) is -1.46. The van der Waals surface area contributed by atoms with E-state index in [0.717, 1.165) is 16.7 Å². The minimum absolute atomic E-state index is 0.122. The van der Waals surface area contributed by atoms with E-state index >= 15 is 0 Å². The third-order valence-corrected chi connectivity index (χ3v) is 5.53. The average molecular weight is 474 g/mol. The molecule has 2 amide bonds. The molecule has 0 unspecified atom stereocenters. The Bertz CT molecular complexity index is 1390. The predicted molar refractivity (Wildman–Crippen MR) is 133 cm³/mol. The summed E-state index contributed by atoms with van der Waals surface area (Å²) < 4.78 is 14.9. The number of hydrogen-bond acceptors (Lipinski definition) is 3. The van der Waals surface area contributed by atoms with Crippen molar-refractivity contribution in [2.75, 3.05) is 10.6 Å². The highest BCUT2D eigenvalue weighted by atomic mass is 35.5. The van der Waals surface area contributed by atoms with Crippen molar-refractivity contribution in [3.05, 3.63) is 112 Å². The van der Waals surface area contributed by atoms with E-state index in [0.29, 0.717) is 16.4 Å². The third kappa shape index (κ3) is 5.13. The molecular weight excluding hydrogens is 453 g/mol. The van der Waals surface area contributed by atoms with E-state index < -0.39 is 17.6 Å². The second kappa shape index (κ2) is 9.85. The Morgan fingerprint density at radius 3 is 2.32 bits per heavy atom. The number of nitrogens with one attached hydrogen (secondary N) is 2. The van der Waals surface area contributed by atoms with Crippen LogP contribution in [-0.2, 0) is 0 Å². The van der Waals surface area contributed by atoms with Crippen LogP contribution in [0, 0.1) is 19.7 Å². The predicted octanol–water partition coefficient (Wildman–Crippen LogP) is 6.66. The topological polar surface area (TPSA) is 71.1 Å². The maximum Gasteiger partial charge on any atom is 0.258 e. The Hall–Kier alpha value is -4.03. The third-order valence-electron chi connectivity index (χ3n) is 5.31. The molecule has 3 aromatic carbocycles. The summed E-state index contributed by atoms with van der Waals surface area (Å²) in [6.45, 7) is 3.77. The number of halogens is 2. The van der Waals surface area contributed by atoms with Crippen LogP contribution in [0.4, 0.5) is 15.9 Å². The van der Waals surface area contributed by atoms with Gasteiger partial charge in [0.2, 0.25) is 0 Å². The highest BCUT2D eigenvalue weighted by molar-refractivity contribution is 6.30. The van der Waals surface area contributed by atoms with Crippen molar-refractivity contribution in [2.24, 2.45) is 0 Å². The number of nitrogens with zero attached hydrogens (tertiary/aromatic N) is 1. The zero-order chi connectivity index (χ0) is 24.2. The van der Waals surface area contributed by atoms with Gasteiger partial charge in [-0.15, -0.1) is 0 Å². The number of carbonyl (C=O) groups is 2. The van der Waals surface area contributed by atoms with Gasteiger partial charge in [-0.25, -0.2) is 9.37 Å². The maximum absolute atomic E-state index is 14.9. The summed E-state index contributed by atoms with van der Waals surface area (Å²) in [6.07, 6.45) is 1.42. The van der Waals surface area contributed by atoms with Gasteiger partial charge in [-0.3, -0.25) is 9.59 Å². The monoisotopic (exact) mass is 473 g/mol. The molecule has 0 aliphatic rings. The lowest BCUT2D eigenvalue weighted by atomic mass is 9.99. The molecule has 0 fully saturated rings. The zero-order valence-corrected chi connectivity index (χ0v) is 19.3. The van der Waals surface area contributed by atoms with E-state index in [9.17, 15) is 14.0 Å². The van der Waals surface area contributed by atoms with E-state index in [4.69, 9.17) is 11.6 Å². The normalized spacial score (nSPS) is 10.6. The number of benzene rings is 3. The van der Waals surface area contributed by atoms with Crippen molar-refractivity contribution in [3.63, 3.8) is 0 Å². The highest BCUT2D eigenvalue weighted by Gasteiger charge is 2.18. The fourth-order valence-electron chi connectivity index (χ4n) is 3.54. The smallest absolute Gasteiger partial charge is 0.258 e. The summed E-state index contributed by atoms with van der Waals surface area (Å²) in [7, 11) is 0. The fourth-order valence-corrected chi connectivity index (χ4v) is 3.65. The van der Waals surface area contributed by atoms with Crippen LogP contribution in [0.3, 0.4) is 0 Å². The number of hydrogen-bond donors (Lipinski definition) is 2. The summed E-state index contributed by atoms with van der Waals surface area (Å²) in [5, 5.41) is 5.78. The molecule has 1 aromatic heterocycles. The molecule has 4 rings (SSSR count). The first-order valence-corrected chi connectivity index (χ1v) is 10.9. The van der Waals surface area contributed by atoms with Crippen molar-refractivity contribution in [2.45, 2.75) is 13.8 Å². The number of anilines is 2. The molecule has 0 spiro atoms. The molecule has 0 saturated carbocycles. The van der Waals surface area contributed by atoms with Crippen molar-refractivity contribution in [1.29, 1.82) is 0 Å². The van der Waals surface area contributed by atoms with Crippen molar-refractivity contribution >= 4 is 34.9 Å². The summed E-state index contributed by atoms with van der Waals surface area (Å²) in [4.78, 5) is 29.8. The molecule has 0 bridgehead atoms. The molecule has 5 nitrogen and oxygen atoms in total. The molecule has 0 atom stereocenters. The minimum atomic E-state index is -0.656. The molecule has 2 N–H and O–H groups in total. The highest BCUT2D eigenvalue weighted by Crippen LogP contribution is 2.26. The second-order valence-corrected chi connectivity index (χ2v) is 8.26. The van der Waals surface area contributed by atoms with Crippen LogP contribution in [0.1, 0.15) is 31.8 Å². The van der Waals surface area contributed by atoms with E-state index in [1.54, 1.807) is 36.4 Å². The first-order valence-electron chi connectivity index (χ1n) is 10.5. The van der Waals surface area contributed by atoms with Gasteiger partial charge < -0.3 is 10.6 Å². The van der Waals surface area contributed by atoms with Gasteiger partial charge in [0.15, 0.2) is 0 Å². The number of amides is 2. The number of pyridine rings is 1. The van der Waals surface area contributed by atoms with Gasteiger partial charge in [0.1, 0.15) is 11.6 Å². The van der Waals surface area contributed by atoms with Crippen LogP contribution < -0.4 is 10.6 Å².